The van der Waals surface area contributed by atoms with E-state index >= 15 is 0 Å². The van der Waals surface area contributed by atoms with Crippen molar-refractivity contribution in [2.45, 2.75) is 26.4 Å². The zero-order valence-electron chi connectivity index (χ0n) is 10.4. The van der Waals surface area contributed by atoms with Crippen molar-refractivity contribution in [1.82, 2.24) is 10.6 Å². The predicted octanol–water partition coefficient (Wildman–Crippen LogP) is 1.96. The molecular formula is C13H17BrN2O2. The van der Waals surface area contributed by atoms with E-state index in [9.17, 15) is 4.79 Å². The van der Waals surface area contributed by atoms with Crippen LogP contribution >= 0.6 is 15.9 Å². The normalized spacial score (nSPS) is 14.3. The molecule has 0 radical (unpaired) electrons. The van der Waals surface area contributed by atoms with Gasteiger partial charge in [-0.3, -0.25) is 4.79 Å². The molecule has 18 heavy (non-hydrogen) atoms. The van der Waals surface area contributed by atoms with E-state index in [1.807, 2.05) is 13.0 Å². The van der Waals surface area contributed by atoms with Crippen molar-refractivity contribution in [3.05, 3.63) is 27.7 Å². The molecule has 0 unspecified atom stereocenters. The highest BCUT2D eigenvalue weighted by molar-refractivity contribution is 9.10. The fourth-order valence-electron chi connectivity index (χ4n) is 1.93. The number of ether oxygens (including phenoxy) is 1. The van der Waals surface area contributed by atoms with Crippen LogP contribution in [0.15, 0.2) is 16.6 Å². The van der Waals surface area contributed by atoms with E-state index in [4.69, 9.17) is 4.74 Å². The van der Waals surface area contributed by atoms with Gasteiger partial charge in [0.1, 0.15) is 12.4 Å². The topological polar surface area (TPSA) is 50.4 Å². The number of halogens is 1. The molecule has 0 bridgehead atoms. The largest absolute Gasteiger partial charge is 0.492 e. The van der Waals surface area contributed by atoms with Crippen molar-refractivity contribution in [2.24, 2.45) is 0 Å². The minimum Gasteiger partial charge on any atom is -0.492 e. The van der Waals surface area contributed by atoms with Gasteiger partial charge in [-0.1, -0.05) is 22.9 Å². The van der Waals surface area contributed by atoms with E-state index in [0.29, 0.717) is 19.6 Å². The zero-order chi connectivity index (χ0) is 13.0. The number of hydrogen-bond acceptors (Lipinski definition) is 3. The maximum atomic E-state index is 11.3. The summed E-state index contributed by atoms with van der Waals surface area (Å²) in [5.41, 5.74) is 2.15. The Kier molecular flexibility index (Phi) is 4.60. The Morgan fingerprint density at radius 1 is 1.56 bits per heavy atom. The highest BCUT2D eigenvalue weighted by atomic mass is 79.9. The quantitative estimate of drug-likeness (QED) is 0.897. The number of nitrogens with one attached hydrogen (secondary N) is 2. The van der Waals surface area contributed by atoms with E-state index in [0.717, 1.165) is 34.4 Å². The molecule has 0 aromatic heterocycles. The third kappa shape index (κ3) is 3.23. The van der Waals surface area contributed by atoms with E-state index in [1.165, 1.54) is 0 Å². The summed E-state index contributed by atoms with van der Waals surface area (Å²) in [7, 11) is 0. The Morgan fingerprint density at radius 3 is 3.17 bits per heavy atom. The molecule has 0 spiro atoms. The van der Waals surface area contributed by atoms with Gasteiger partial charge >= 0.3 is 0 Å². The molecule has 4 nitrogen and oxygen atoms in total. The minimum absolute atomic E-state index is 0.0514. The molecule has 2 rings (SSSR count). The lowest BCUT2D eigenvalue weighted by Gasteiger charge is -2.14. The highest BCUT2D eigenvalue weighted by Gasteiger charge is 2.14. The molecule has 0 atom stereocenters. The molecule has 0 saturated carbocycles. The van der Waals surface area contributed by atoms with Crippen LogP contribution in [0, 0.1) is 0 Å². The maximum absolute atomic E-state index is 11.3. The first-order chi connectivity index (χ1) is 8.70. The third-order valence-corrected chi connectivity index (χ3v) is 3.30. The third-order valence-electron chi connectivity index (χ3n) is 2.85. The van der Waals surface area contributed by atoms with Gasteiger partial charge in [-0.15, -0.1) is 0 Å². The van der Waals surface area contributed by atoms with Crippen molar-refractivity contribution in [3.63, 3.8) is 0 Å². The van der Waals surface area contributed by atoms with E-state index < -0.39 is 0 Å². The first-order valence-electron chi connectivity index (χ1n) is 6.12. The fourth-order valence-corrected chi connectivity index (χ4v) is 2.48. The van der Waals surface area contributed by atoms with Crippen molar-refractivity contribution < 1.29 is 9.53 Å². The molecule has 1 aliphatic heterocycles. The summed E-state index contributed by atoms with van der Waals surface area (Å²) in [6, 6.07) is 4.05. The van der Waals surface area contributed by atoms with Crippen molar-refractivity contribution in [3.8, 4) is 5.75 Å². The molecule has 1 aliphatic rings. The van der Waals surface area contributed by atoms with Crippen molar-refractivity contribution in [1.29, 1.82) is 0 Å². The lowest BCUT2D eigenvalue weighted by atomic mass is 10.1. The van der Waals surface area contributed by atoms with Crippen LogP contribution in [0.3, 0.4) is 0 Å². The summed E-state index contributed by atoms with van der Waals surface area (Å²) in [6.45, 7) is 4.64. The van der Waals surface area contributed by atoms with Gasteiger partial charge in [-0.05, 0) is 12.1 Å². The Labute approximate surface area is 115 Å². The number of rotatable bonds is 3. The lowest BCUT2D eigenvalue weighted by Crippen LogP contribution is -2.22. The molecule has 1 aromatic rings. The molecule has 5 heteroatoms. The minimum atomic E-state index is 0.0514. The predicted molar refractivity (Wildman–Crippen MR) is 73.5 cm³/mol. The van der Waals surface area contributed by atoms with Crippen molar-refractivity contribution >= 4 is 21.8 Å². The Bertz CT molecular complexity index is 449. The van der Waals surface area contributed by atoms with Gasteiger partial charge in [-0.2, -0.15) is 0 Å². The van der Waals surface area contributed by atoms with Crippen LogP contribution in [0.1, 0.15) is 24.5 Å². The molecule has 98 valence electrons. The highest BCUT2D eigenvalue weighted by Crippen LogP contribution is 2.29. The number of hydrogen-bond donors (Lipinski definition) is 2. The Morgan fingerprint density at radius 2 is 2.39 bits per heavy atom. The first kappa shape index (κ1) is 13.4. The zero-order valence-corrected chi connectivity index (χ0v) is 12.0. The fraction of sp³-hybridized carbons (Fsp3) is 0.462. The molecule has 0 aliphatic carbocycles. The Balaban J connectivity index is 2.22. The lowest BCUT2D eigenvalue weighted by molar-refractivity contribution is -0.120. The molecule has 0 saturated heterocycles. The molecule has 1 aromatic carbocycles. The van der Waals surface area contributed by atoms with Gasteiger partial charge in [0.2, 0.25) is 5.91 Å². The Hall–Kier alpha value is -1.07. The van der Waals surface area contributed by atoms with E-state index in [-0.39, 0.29) is 5.91 Å². The summed E-state index contributed by atoms with van der Waals surface area (Å²) in [4.78, 5) is 11.3. The maximum Gasteiger partial charge on any atom is 0.219 e. The number of carbonyl (C=O) groups excluding carboxylic acids is 1. The van der Waals surface area contributed by atoms with Crippen LogP contribution in [0.2, 0.25) is 0 Å². The summed E-state index contributed by atoms with van der Waals surface area (Å²) in [5, 5.41) is 6.19. The second kappa shape index (κ2) is 6.20. The first-order valence-corrected chi connectivity index (χ1v) is 6.91. The van der Waals surface area contributed by atoms with Gasteiger partial charge in [0.25, 0.3) is 0 Å². The number of amides is 1. The van der Waals surface area contributed by atoms with E-state index in [2.05, 4.69) is 32.6 Å². The number of carbonyl (C=O) groups is 1. The molecule has 2 N–H and O–H groups in total. The summed E-state index contributed by atoms with van der Waals surface area (Å²) in [6.07, 6.45) is 0.499. The average Bonchev–Trinajstić information content (AvgIpc) is 2.60. The number of fused-ring (bicyclic) bond motifs is 1. The standard InChI is InChI=1S/C13H17BrN2O2/c1-2-12(17)16-8-10-6-11(14)5-9-7-15-3-4-18-13(9)10/h5-6,15H,2-4,7-8H2,1H3,(H,16,17). The smallest absolute Gasteiger partial charge is 0.219 e. The SMILES string of the molecule is CCC(=O)NCc1cc(Br)cc2c1OCCNC2. The second-order valence-corrected chi connectivity index (χ2v) is 5.12. The van der Waals surface area contributed by atoms with Crippen molar-refractivity contribution in [2.75, 3.05) is 13.2 Å². The van der Waals surface area contributed by atoms with Gasteiger partial charge in [0.05, 0.1) is 0 Å². The molecule has 0 fully saturated rings. The molecule has 1 heterocycles. The van der Waals surface area contributed by atoms with E-state index in [1.54, 1.807) is 0 Å². The van der Waals surface area contributed by atoms with Crippen LogP contribution < -0.4 is 15.4 Å². The van der Waals surface area contributed by atoms with Gasteiger partial charge < -0.3 is 15.4 Å². The summed E-state index contributed by atoms with van der Waals surface area (Å²) >= 11 is 3.49. The number of benzene rings is 1. The summed E-state index contributed by atoms with van der Waals surface area (Å²) in [5.74, 6) is 0.954. The van der Waals surface area contributed by atoms with Crippen LogP contribution in [-0.2, 0) is 17.9 Å². The second-order valence-electron chi connectivity index (χ2n) is 4.21. The molecule has 1 amide bonds. The van der Waals surface area contributed by atoms with Gasteiger partial charge in [0.15, 0.2) is 0 Å². The van der Waals surface area contributed by atoms with Crippen LogP contribution in [0.4, 0.5) is 0 Å². The van der Waals surface area contributed by atoms with Gasteiger partial charge in [-0.25, -0.2) is 0 Å². The molecular weight excluding hydrogens is 296 g/mol. The van der Waals surface area contributed by atoms with Crippen LogP contribution in [-0.4, -0.2) is 19.1 Å². The average molecular weight is 313 g/mol. The monoisotopic (exact) mass is 312 g/mol. The van der Waals surface area contributed by atoms with Crippen LogP contribution in [0.25, 0.3) is 0 Å². The summed E-state index contributed by atoms with van der Waals surface area (Å²) < 4.78 is 6.77. The van der Waals surface area contributed by atoms with Crippen LogP contribution in [0.5, 0.6) is 5.75 Å². The van der Waals surface area contributed by atoms with Gasteiger partial charge in [0, 0.05) is 41.7 Å².